The molecule has 5 heteroatoms. The van der Waals surface area contributed by atoms with Crippen LogP contribution >= 0.6 is 11.6 Å². The first-order chi connectivity index (χ1) is 6.32. The molecule has 0 amide bonds. The number of benzene rings is 1. The Kier molecular flexibility index (Phi) is 3.07. The van der Waals surface area contributed by atoms with E-state index in [0.717, 1.165) is 0 Å². The van der Waals surface area contributed by atoms with Gasteiger partial charge in [0.25, 0.3) is 0 Å². The Morgan fingerprint density at radius 1 is 1.36 bits per heavy atom. The molecule has 78 valence electrons. The van der Waals surface area contributed by atoms with Crippen molar-refractivity contribution in [1.82, 2.24) is 0 Å². The largest absolute Gasteiger partial charge is 0.407 e. The van der Waals surface area contributed by atoms with Crippen LogP contribution in [0.15, 0.2) is 18.2 Å². The summed E-state index contributed by atoms with van der Waals surface area (Å²) in [5.41, 5.74) is 5.56. The number of halogens is 4. The lowest BCUT2D eigenvalue weighted by Crippen LogP contribution is -2.29. The molecule has 1 nitrogen and oxygen atoms in total. The van der Waals surface area contributed by atoms with Gasteiger partial charge in [-0.2, -0.15) is 13.2 Å². The van der Waals surface area contributed by atoms with E-state index < -0.39 is 12.2 Å². The molecule has 0 fully saturated rings. The lowest BCUT2D eigenvalue weighted by Gasteiger charge is -2.18. The number of hydrogen-bond acceptors (Lipinski definition) is 1. The first kappa shape index (κ1) is 11.3. The van der Waals surface area contributed by atoms with Crippen molar-refractivity contribution in [1.29, 1.82) is 0 Å². The Morgan fingerprint density at radius 2 is 1.93 bits per heavy atom. The highest BCUT2D eigenvalue weighted by Gasteiger charge is 2.38. The third-order valence-electron chi connectivity index (χ3n) is 1.93. The van der Waals surface area contributed by atoms with Gasteiger partial charge < -0.3 is 5.73 Å². The van der Waals surface area contributed by atoms with E-state index in [-0.39, 0.29) is 10.6 Å². The SMILES string of the molecule is Cc1ccc(Cl)cc1C(N)C(F)(F)F. The summed E-state index contributed by atoms with van der Waals surface area (Å²) in [6.45, 7) is 1.57. The Labute approximate surface area is 84.7 Å². The molecule has 1 aromatic carbocycles. The van der Waals surface area contributed by atoms with Crippen molar-refractivity contribution in [3.05, 3.63) is 34.3 Å². The lowest BCUT2D eigenvalue weighted by molar-refractivity contribution is -0.149. The van der Waals surface area contributed by atoms with Crippen molar-refractivity contribution in [3.63, 3.8) is 0 Å². The van der Waals surface area contributed by atoms with Crippen LogP contribution < -0.4 is 5.73 Å². The molecule has 1 atom stereocenters. The molecule has 0 radical (unpaired) electrons. The molecule has 1 unspecified atom stereocenters. The summed E-state index contributed by atoms with van der Waals surface area (Å²) in [4.78, 5) is 0. The minimum Gasteiger partial charge on any atom is -0.316 e. The second-order valence-electron chi connectivity index (χ2n) is 3.02. The van der Waals surface area contributed by atoms with Crippen LogP contribution in [0.3, 0.4) is 0 Å². The lowest BCUT2D eigenvalue weighted by atomic mass is 10.0. The second kappa shape index (κ2) is 3.79. The van der Waals surface area contributed by atoms with Crippen molar-refractivity contribution in [2.45, 2.75) is 19.1 Å². The number of aryl methyl sites for hydroxylation is 1. The summed E-state index contributed by atoms with van der Waals surface area (Å²) in [6, 6.07) is 2.32. The zero-order chi connectivity index (χ0) is 10.9. The Hall–Kier alpha value is -0.740. The van der Waals surface area contributed by atoms with Crippen molar-refractivity contribution in [2.75, 3.05) is 0 Å². The molecule has 0 heterocycles. The Morgan fingerprint density at radius 3 is 2.43 bits per heavy atom. The Balaban J connectivity index is 3.12. The topological polar surface area (TPSA) is 26.0 Å². The van der Waals surface area contributed by atoms with Crippen LogP contribution in [0.5, 0.6) is 0 Å². The monoisotopic (exact) mass is 223 g/mol. The summed E-state index contributed by atoms with van der Waals surface area (Å²) >= 11 is 5.59. The van der Waals surface area contributed by atoms with Gasteiger partial charge in [0.2, 0.25) is 0 Å². The molecule has 0 saturated heterocycles. The maximum absolute atomic E-state index is 12.3. The van der Waals surface area contributed by atoms with Crippen LogP contribution in [-0.2, 0) is 0 Å². The zero-order valence-corrected chi connectivity index (χ0v) is 8.15. The van der Waals surface area contributed by atoms with Gasteiger partial charge >= 0.3 is 6.18 Å². The molecule has 0 aromatic heterocycles. The van der Waals surface area contributed by atoms with Crippen LogP contribution in [-0.4, -0.2) is 6.18 Å². The quantitative estimate of drug-likeness (QED) is 0.777. The molecule has 2 N–H and O–H groups in total. The number of rotatable bonds is 1. The summed E-state index contributed by atoms with van der Waals surface area (Å²) in [6.07, 6.45) is -4.44. The molecule has 0 saturated carbocycles. The van der Waals surface area contributed by atoms with Gasteiger partial charge in [-0.3, -0.25) is 0 Å². The second-order valence-corrected chi connectivity index (χ2v) is 3.46. The molecular weight excluding hydrogens is 215 g/mol. The number of hydrogen-bond donors (Lipinski definition) is 1. The smallest absolute Gasteiger partial charge is 0.316 e. The molecule has 0 aliphatic carbocycles. The fourth-order valence-electron chi connectivity index (χ4n) is 1.12. The van der Waals surface area contributed by atoms with Crippen molar-refractivity contribution in [2.24, 2.45) is 5.73 Å². The molecule has 1 aromatic rings. The highest BCUT2D eigenvalue weighted by atomic mass is 35.5. The maximum atomic E-state index is 12.3. The third kappa shape index (κ3) is 2.39. The molecule has 0 aliphatic heterocycles. The first-order valence-electron chi connectivity index (χ1n) is 3.90. The van der Waals surface area contributed by atoms with Crippen LogP contribution in [0.1, 0.15) is 17.2 Å². The minimum atomic E-state index is -4.44. The van der Waals surface area contributed by atoms with Crippen molar-refractivity contribution in [3.8, 4) is 0 Å². The molecule has 1 rings (SSSR count). The first-order valence-corrected chi connectivity index (χ1v) is 4.28. The molecule has 14 heavy (non-hydrogen) atoms. The molecular formula is C9H9ClF3N. The van der Waals surface area contributed by atoms with Crippen molar-refractivity contribution >= 4 is 11.6 Å². The summed E-state index contributed by atoms with van der Waals surface area (Å²) < 4.78 is 36.8. The van der Waals surface area contributed by atoms with E-state index in [1.807, 2.05) is 0 Å². The highest BCUT2D eigenvalue weighted by Crippen LogP contribution is 2.33. The van der Waals surface area contributed by atoms with Gasteiger partial charge in [0.1, 0.15) is 6.04 Å². The van der Waals surface area contributed by atoms with E-state index in [0.29, 0.717) is 5.56 Å². The number of alkyl halides is 3. The van der Waals surface area contributed by atoms with E-state index in [1.54, 1.807) is 6.92 Å². The van der Waals surface area contributed by atoms with Gasteiger partial charge in [-0.25, -0.2) is 0 Å². The Bertz CT molecular complexity index is 335. The van der Waals surface area contributed by atoms with Crippen LogP contribution in [0.4, 0.5) is 13.2 Å². The standard InChI is InChI=1S/C9H9ClF3N/c1-5-2-3-6(10)4-7(5)8(14)9(11,12)13/h2-4,8H,14H2,1H3. The van der Waals surface area contributed by atoms with Gasteiger partial charge in [-0.05, 0) is 30.2 Å². The summed E-state index contributed by atoms with van der Waals surface area (Å²) in [5.74, 6) is 0. The zero-order valence-electron chi connectivity index (χ0n) is 7.40. The third-order valence-corrected chi connectivity index (χ3v) is 2.16. The van der Waals surface area contributed by atoms with Gasteiger partial charge in [-0.1, -0.05) is 17.7 Å². The van der Waals surface area contributed by atoms with E-state index in [2.05, 4.69) is 0 Å². The van der Waals surface area contributed by atoms with Crippen LogP contribution in [0, 0.1) is 6.92 Å². The average molecular weight is 224 g/mol. The average Bonchev–Trinajstić information content (AvgIpc) is 2.06. The predicted octanol–water partition coefficient (Wildman–Crippen LogP) is 3.21. The van der Waals surface area contributed by atoms with Gasteiger partial charge in [-0.15, -0.1) is 0 Å². The predicted molar refractivity (Wildman–Crippen MR) is 49.2 cm³/mol. The summed E-state index contributed by atoms with van der Waals surface area (Å²) in [7, 11) is 0. The fraction of sp³-hybridized carbons (Fsp3) is 0.333. The fourth-order valence-corrected chi connectivity index (χ4v) is 1.30. The summed E-state index contributed by atoms with van der Waals surface area (Å²) in [5, 5.41) is 0.255. The van der Waals surface area contributed by atoms with Gasteiger partial charge in [0.05, 0.1) is 0 Å². The van der Waals surface area contributed by atoms with E-state index in [4.69, 9.17) is 17.3 Å². The van der Waals surface area contributed by atoms with Crippen LogP contribution in [0.25, 0.3) is 0 Å². The molecule has 0 bridgehead atoms. The molecule has 0 aliphatic rings. The minimum absolute atomic E-state index is 0.0185. The number of nitrogens with two attached hydrogens (primary N) is 1. The van der Waals surface area contributed by atoms with Crippen molar-refractivity contribution < 1.29 is 13.2 Å². The van der Waals surface area contributed by atoms with Gasteiger partial charge in [0.15, 0.2) is 0 Å². The van der Waals surface area contributed by atoms with E-state index in [1.165, 1.54) is 18.2 Å². The van der Waals surface area contributed by atoms with E-state index >= 15 is 0 Å². The van der Waals surface area contributed by atoms with Crippen LogP contribution in [0.2, 0.25) is 5.02 Å². The van der Waals surface area contributed by atoms with Gasteiger partial charge in [0, 0.05) is 5.02 Å². The normalized spacial score (nSPS) is 14.1. The molecule has 0 spiro atoms. The maximum Gasteiger partial charge on any atom is 0.407 e. The van der Waals surface area contributed by atoms with E-state index in [9.17, 15) is 13.2 Å². The highest BCUT2D eigenvalue weighted by molar-refractivity contribution is 6.30.